The molecule has 2 N–H and O–H groups in total. The molecular formula is C15H30N2. The van der Waals surface area contributed by atoms with E-state index in [-0.39, 0.29) is 5.54 Å². The van der Waals surface area contributed by atoms with E-state index in [0.29, 0.717) is 0 Å². The van der Waals surface area contributed by atoms with Gasteiger partial charge in [-0.3, -0.25) is 4.90 Å². The van der Waals surface area contributed by atoms with Crippen molar-refractivity contribution in [2.45, 2.75) is 70.9 Å². The van der Waals surface area contributed by atoms with Gasteiger partial charge >= 0.3 is 0 Å². The second kappa shape index (κ2) is 5.27. The van der Waals surface area contributed by atoms with Crippen molar-refractivity contribution in [1.82, 2.24) is 4.90 Å². The van der Waals surface area contributed by atoms with Gasteiger partial charge in [0, 0.05) is 18.1 Å². The van der Waals surface area contributed by atoms with Crippen LogP contribution in [-0.4, -0.2) is 29.6 Å². The highest BCUT2D eigenvalue weighted by atomic mass is 15.2. The molecule has 100 valence electrons. The van der Waals surface area contributed by atoms with Gasteiger partial charge in [0.25, 0.3) is 0 Å². The van der Waals surface area contributed by atoms with E-state index in [1.807, 2.05) is 0 Å². The standard InChI is InChI=1S/C15H30N2/c1-12-6-8-17(14(3)9-12)11-15(16)7-4-5-13(2)10-15/h12-14H,4-11,16H2,1-3H3. The second-order valence-corrected chi connectivity index (χ2v) is 7.01. The van der Waals surface area contributed by atoms with E-state index in [0.717, 1.165) is 24.4 Å². The average Bonchev–Trinajstić information content (AvgIpc) is 2.22. The van der Waals surface area contributed by atoms with Crippen molar-refractivity contribution >= 4 is 0 Å². The maximum atomic E-state index is 6.64. The lowest BCUT2D eigenvalue weighted by Crippen LogP contribution is -2.56. The molecule has 2 nitrogen and oxygen atoms in total. The Bertz CT molecular complexity index is 253. The van der Waals surface area contributed by atoms with Crippen LogP contribution in [0.4, 0.5) is 0 Å². The van der Waals surface area contributed by atoms with Gasteiger partial charge in [-0.15, -0.1) is 0 Å². The highest BCUT2D eigenvalue weighted by molar-refractivity contribution is 4.94. The fourth-order valence-corrected chi connectivity index (χ4v) is 3.94. The molecular weight excluding hydrogens is 208 g/mol. The third-order valence-corrected chi connectivity index (χ3v) is 4.92. The summed E-state index contributed by atoms with van der Waals surface area (Å²) in [6, 6.07) is 0.733. The lowest BCUT2D eigenvalue weighted by atomic mass is 9.76. The highest BCUT2D eigenvalue weighted by Crippen LogP contribution is 2.33. The smallest absolute Gasteiger partial charge is 0.0286 e. The summed E-state index contributed by atoms with van der Waals surface area (Å²) < 4.78 is 0. The van der Waals surface area contributed by atoms with Crippen LogP contribution < -0.4 is 5.73 Å². The van der Waals surface area contributed by atoms with Crippen molar-refractivity contribution in [2.24, 2.45) is 17.6 Å². The van der Waals surface area contributed by atoms with Crippen LogP contribution in [0.2, 0.25) is 0 Å². The Morgan fingerprint density at radius 3 is 2.59 bits per heavy atom. The van der Waals surface area contributed by atoms with Crippen LogP contribution in [0.1, 0.15) is 59.3 Å². The number of nitrogens with zero attached hydrogens (tertiary/aromatic N) is 1. The Morgan fingerprint density at radius 1 is 1.18 bits per heavy atom. The Morgan fingerprint density at radius 2 is 1.94 bits per heavy atom. The van der Waals surface area contributed by atoms with E-state index in [2.05, 4.69) is 25.7 Å². The summed E-state index contributed by atoms with van der Waals surface area (Å²) >= 11 is 0. The summed E-state index contributed by atoms with van der Waals surface area (Å²) in [7, 11) is 0. The fourth-order valence-electron chi connectivity index (χ4n) is 3.94. The quantitative estimate of drug-likeness (QED) is 0.801. The molecule has 4 atom stereocenters. The first-order valence-corrected chi connectivity index (χ1v) is 7.51. The van der Waals surface area contributed by atoms with Crippen LogP contribution in [0.15, 0.2) is 0 Å². The van der Waals surface area contributed by atoms with Gasteiger partial charge in [0.05, 0.1) is 0 Å². The largest absolute Gasteiger partial charge is 0.324 e. The van der Waals surface area contributed by atoms with Crippen LogP contribution >= 0.6 is 0 Å². The lowest BCUT2D eigenvalue weighted by molar-refractivity contribution is 0.0791. The normalized spacial score (nSPS) is 44.8. The molecule has 1 saturated heterocycles. The topological polar surface area (TPSA) is 29.3 Å². The molecule has 1 saturated carbocycles. The molecule has 4 unspecified atom stereocenters. The van der Waals surface area contributed by atoms with Crippen molar-refractivity contribution < 1.29 is 0 Å². The molecule has 2 aliphatic rings. The molecule has 2 rings (SSSR count). The zero-order chi connectivity index (χ0) is 12.5. The SMILES string of the molecule is CC1CCN(CC2(N)CCCC(C)C2)C(C)C1. The molecule has 0 aromatic rings. The Balaban J connectivity index is 1.91. The number of nitrogens with two attached hydrogens (primary N) is 1. The summed E-state index contributed by atoms with van der Waals surface area (Å²) in [6.45, 7) is 9.52. The van der Waals surface area contributed by atoms with Gasteiger partial charge in [0.15, 0.2) is 0 Å². The van der Waals surface area contributed by atoms with E-state index < -0.39 is 0 Å². The van der Waals surface area contributed by atoms with Gasteiger partial charge in [-0.05, 0) is 51.0 Å². The summed E-state index contributed by atoms with van der Waals surface area (Å²) in [5, 5.41) is 0. The summed E-state index contributed by atoms with van der Waals surface area (Å²) in [4.78, 5) is 2.65. The van der Waals surface area contributed by atoms with Crippen molar-refractivity contribution in [2.75, 3.05) is 13.1 Å². The van der Waals surface area contributed by atoms with Crippen LogP contribution in [0.3, 0.4) is 0 Å². The number of hydrogen-bond acceptors (Lipinski definition) is 2. The van der Waals surface area contributed by atoms with E-state index in [9.17, 15) is 0 Å². The number of hydrogen-bond donors (Lipinski definition) is 1. The van der Waals surface area contributed by atoms with Crippen LogP contribution in [0.25, 0.3) is 0 Å². The highest BCUT2D eigenvalue weighted by Gasteiger charge is 2.35. The van der Waals surface area contributed by atoms with E-state index >= 15 is 0 Å². The predicted molar refractivity (Wildman–Crippen MR) is 74.0 cm³/mol. The molecule has 0 radical (unpaired) electrons. The number of piperidine rings is 1. The summed E-state index contributed by atoms with van der Waals surface area (Å²) in [5.41, 5.74) is 6.74. The van der Waals surface area contributed by atoms with Crippen LogP contribution in [0, 0.1) is 11.8 Å². The van der Waals surface area contributed by atoms with Gasteiger partial charge in [0.1, 0.15) is 0 Å². The third-order valence-electron chi connectivity index (χ3n) is 4.92. The Hall–Kier alpha value is -0.0800. The van der Waals surface area contributed by atoms with Crippen molar-refractivity contribution in [3.63, 3.8) is 0 Å². The van der Waals surface area contributed by atoms with Gasteiger partial charge in [-0.1, -0.05) is 26.7 Å². The molecule has 17 heavy (non-hydrogen) atoms. The number of rotatable bonds is 2. The lowest BCUT2D eigenvalue weighted by Gasteiger charge is -2.45. The first-order chi connectivity index (χ1) is 7.98. The molecule has 1 heterocycles. The minimum Gasteiger partial charge on any atom is -0.324 e. The predicted octanol–water partition coefficient (Wildman–Crippen LogP) is 3.01. The molecule has 2 heteroatoms. The minimum absolute atomic E-state index is 0.104. The molecule has 0 spiro atoms. The molecule has 0 aromatic heterocycles. The minimum atomic E-state index is 0.104. The van der Waals surface area contributed by atoms with E-state index in [1.165, 1.54) is 45.1 Å². The zero-order valence-corrected chi connectivity index (χ0v) is 11.9. The zero-order valence-electron chi connectivity index (χ0n) is 11.9. The first-order valence-electron chi connectivity index (χ1n) is 7.51. The maximum absolute atomic E-state index is 6.64. The Kier molecular flexibility index (Phi) is 4.14. The summed E-state index contributed by atoms with van der Waals surface area (Å²) in [6.07, 6.45) is 7.88. The number of likely N-dealkylation sites (tertiary alicyclic amines) is 1. The van der Waals surface area contributed by atoms with E-state index in [1.54, 1.807) is 0 Å². The van der Waals surface area contributed by atoms with E-state index in [4.69, 9.17) is 5.73 Å². The molecule has 0 amide bonds. The second-order valence-electron chi connectivity index (χ2n) is 7.01. The molecule has 1 aliphatic carbocycles. The monoisotopic (exact) mass is 238 g/mol. The van der Waals surface area contributed by atoms with Crippen LogP contribution in [0.5, 0.6) is 0 Å². The van der Waals surface area contributed by atoms with Crippen LogP contribution in [-0.2, 0) is 0 Å². The fraction of sp³-hybridized carbons (Fsp3) is 1.00. The summed E-state index contributed by atoms with van der Waals surface area (Å²) in [5.74, 6) is 1.73. The van der Waals surface area contributed by atoms with Crippen molar-refractivity contribution in [3.8, 4) is 0 Å². The van der Waals surface area contributed by atoms with Gasteiger partial charge in [-0.25, -0.2) is 0 Å². The van der Waals surface area contributed by atoms with Gasteiger partial charge < -0.3 is 5.73 Å². The van der Waals surface area contributed by atoms with Crippen molar-refractivity contribution in [3.05, 3.63) is 0 Å². The van der Waals surface area contributed by atoms with Crippen molar-refractivity contribution in [1.29, 1.82) is 0 Å². The maximum Gasteiger partial charge on any atom is 0.0286 e. The molecule has 1 aliphatic heterocycles. The van der Waals surface area contributed by atoms with Gasteiger partial charge in [0.2, 0.25) is 0 Å². The molecule has 0 aromatic carbocycles. The first kappa shape index (κ1) is 13.4. The average molecular weight is 238 g/mol. The third kappa shape index (κ3) is 3.45. The Labute approximate surface area is 107 Å². The van der Waals surface area contributed by atoms with Gasteiger partial charge in [-0.2, -0.15) is 0 Å². The molecule has 2 fully saturated rings. The molecule has 0 bridgehead atoms.